The van der Waals surface area contributed by atoms with Gasteiger partial charge in [-0.2, -0.15) is 5.10 Å². The van der Waals surface area contributed by atoms with E-state index in [1.165, 1.54) is 0 Å². The number of nitrogens with zero attached hydrogens (tertiary/aromatic N) is 3. The molecule has 0 aliphatic carbocycles. The van der Waals surface area contributed by atoms with E-state index in [9.17, 15) is 4.79 Å². The Hall–Kier alpha value is -2.14. The fraction of sp³-hybridized carbons (Fsp3) is 0.500. The molecule has 3 rings (SSSR count). The summed E-state index contributed by atoms with van der Waals surface area (Å²) in [6.07, 6.45) is 2.74. The molecule has 0 unspecified atom stereocenters. The Labute approximate surface area is 149 Å². The summed E-state index contributed by atoms with van der Waals surface area (Å²) in [5, 5.41) is 4.55. The van der Waals surface area contributed by atoms with E-state index in [0.29, 0.717) is 11.5 Å². The van der Waals surface area contributed by atoms with E-state index in [4.69, 9.17) is 4.74 Å². The number of para-hydroxylation sites is 1. The molecule has 1 saturated heterocycles. The number of rotatable bonds is 5. The van der Waals surface area contributed by atoms with Gasteiger partial charge in [0.2, 0.25) is 0 Å². The van der Waals surface area contributed by atoms with Crippen LogP contribution in [0.1, 0.15) is 47.8 Å². The number of aromatic nitrogens is 2. The number of benzene rings is 1. The van der Waals surface area contributed by atoms with E-state index >= 15 is 0 Å². The second kappa shape index (κ2) is 7.40. The molecule has 134 valence electrons. The first-order valence-corrected chi connectivity index (χ1v) is 8.96. The third-order valence-electron chi connectivity index (χ3n) is 4.83. The van der Waals surface area contributed by atoms with Crippen molar-refractivity contribution in [3.05, 3.63) is 47.3 Å². The molecule has 1 aromatic heterocycles. The summed E-state index contributed by atoms with van der Waals surface area (Å²) in [5.74, 6) is 0.669. The summed E-state index contributed by atoms with van der Waals surface area (Å²) < 4.78 is 7.34. The summed E-state index contributed by atoms with van der Waals surface area (Å²) in [6, 6.07) is 8.12. The van der Waals surface area contributed by atoms with Crippen LogP contribution in [-0.4, -0.2) is 47.4 Å². The monoisotopic (exact) mass is 341 g/mol. The van der Waals surface area contributed by atoms with Gasteiger partial charge in [-0.25, -0.2) is 4.68 Å². The minimum Gasteiger partial charge on any atom is -0.381 e. The number of hydrogen-bond acceptors (Lipinski definition) is 3. The van der Waals surface area contributed by atoms with Crippen LogP contribution in [0.2, 0.25) is 0 Å². The normalized spacial score (nSPS) is 17.2. The Morgan fingerprint density at radius 3 is 2.80 bits per heavy atom. The Morgan fingerprint density at radius 2 is 2.16 bits per heavy atom. The Kier molecular flexibility index (Phi) is 5.23. The van der Waals surface area contributed by atoms with Crippen molar-refractivity contribution in [1.82, 2.24) is 14.7 Å². The second-order valence-corrected chi connectivity index (χ2v) is 7.21. The highest BCUT2D eigenvalue weighted by Crippen LogP contribution is 2.26. The average molecular weight is 341 g/mol. The Morgan fingerprint density at radius 1 is 1.40 bits per heavy atom. The second-order valence-electron chi connectivity index (χ2n) is 7.21. The minimum atomic E-state index is 0.0374. The lowest BCUT2D eigenvalue weighted by atomic mass is 10.0. The highest BCUT2D eigenvalue weighted by molar-refractivity contribution is 5.95. The third-order valence-corrected chi connectivity index (χ3v) is 4.83. The van der Waals surface area contributed by atoms with Gasteiger partial charge in [0, 0.05) is 26.1 Å². The van der Waals surface area contributed by atoms with Crippen LogP contribution in [0, 0.1) is 12.8 Å². The van der Waals surface area contributed by atoms with Gasteiger partial charge in [-0.3, -0.25) is 4.79 Å². The molecule has 5 nitrogen and oxygen atoms in total. The molecule has 1 aromatic carbocycles. The van der Waals surface area contributed by atoms with Crippen molar-refractivity contribution in [1.29, 1.82) is 0 Å². The van der Waals surface area contributed by atoms with Crippen molar-refractivity contribution in [2.45, 2.75) is 33.1 Å². The van der Waals surface area contributed by atoms with Gasteiger partial charge in [-0.05, 0) is 30.9 Å². The molecule has 1 amide bonds. The van der Waals surface area contributed by atoms with Crippen LogP contribution in [0.15, 0.2) is 30.5 Å². The van der Waals surface area contributed by atoms with Crippen LogP contribution in [0.4, 0.5) is 0 Å². The van der Waals surface area contributed by atoms with Gasteiger partial charge >= 0.3 is 0 Å². The molecule has 2 heterocycles. The highest BCUT2D eigenvalue weighted by Gasteiger charge is 2.26. The molecule has 5 heteroatoms. The van der Waals surface area contributed by atoms with Gasteiger partial charge < -0.3 is 9.64 Å². The van der Waals surface area contributed by atoms with Gasteiger partial charge in [0.05, 0.1) is 29.7 Å². The molecule has 0 spiro atoms. The first-order valence-electron chi connectivity index (χ1n) is 8.96. The molecular weight excluding hydrogens is 314 g/mol. The van der Waals surface area contributed by atoms with E-state index < -0.39 is 0 Å². The molecule has 0 saturated carbocycles. The zero-order valence-corrected chi connectivity index (χ0v) is 15.5. The van der Waals surface area contributed by atoms with E-state index in [-0.39, 0.29) is 11.8 Å². The molecule has 25 heavy (non-hydrogen) atoms. The number of aryl methyl sites for hydroxylation is 1. The third kappa shape index (κ3) is 3.61. The standard InChI is InChI=1S/C20H27N3O2/c1-14(2)19-17(20(24)22(4)12-16-9-10-25-13-16)11-21-23(19)18-8-6-5-7-15(18)3/h5-8,11,14,16H,9-10,12-13H2,1-4H3/t16-/m1/s1. The maximum absolute atomic E-state index is 13.0. The first kappa shape index (κ1) is 17.7. The van der Waals surface area contributed by atoms with Crippen LogP contribution in [0.25, 0.3) is 5.69 Å². The number of ether oxygens (including phenoxy) is 1. The summed E-state index contributed by atoms with van der Waals surface area (Å²) >= 11 is 0. The lowest BCUT2D eigenvalue weighted by molar-refractivity contribution is 0.0764. The number of carbonyl (C=O) groups is 1. The molecule has 1 aliphatic heterocycles. The van der Waals surface area contributed by atoms with E-state index in [1.807, 2.05) is 34.8 Å². The van der Waals surface area contributed by atoms with Crippen LogP contribution >= 0.6 is 0 Å². The van der Waals surface area contributed by atoms with Crippen molar-refractivity contribution >= 4 is 5.91 Å². The predicted octanol–water partition coefficient (Wildman–Crippen LogP) is 3.41. The largest absolute Gasteiger partial charge is 0.381 e. The number of hydrogen-bond donors (Lipinski definition) is 0. The van der Waals surface area contributed by atoms with E-state index in [2.05, 4.69) is 31.9 Å². The number of amides is 1. The zero-order chi connectivity index (χ0) is 18.0. The topological polar surface area (TPSA) is 47.4 Å². The SMILES string of the molecule is Cc1ccccc1-n1ncc(C(=O)N(C)C[C@H]2CCOC2)c1C(C)C. The van der Waals surface area contributed by atoms with Crippen LogP contribution in [0.3, 0.4) is 0 Å². The van der Waals surface area contributed by atoms with Crippen LogP contribution in [-0.2, 0) is 4.74 Å². The van der Waals surface area contributed by atoms with Gasteiger partial charge in [-0.1, -0.05) is 32.0 Å². The van der Waals surface area contributed by atoms with E-state index in [0.717, 1.165) is 43.1 Å². The molecule has 2 aromatic rings. The van der Waals surface area contributed by atoms with Gasteiger partial charge in [0.1, 0.15) is 0 Å². The molecule has 0 bridgehead atoms. The van der Waals surface area contributed by atoms with Gasteiger partial charge in [-0.15, -0.1) is 0 Å². The van der Waals surface area contributed by atoms with Crippen molar-refractivity contribution in [2.75, 3.05) is 26.8 Å². The van der Waals surface area contributed by atoms with Crippen molar-refractivity contribution < 1.29 is 9.53 Å². The van der Waals surface area contributed by atoms with E-state index in [1.54, 1.807) is 6.20 Å². The van der Waals surface area contributed by atoms with Gasteiger partial charge in [0.25, 0.3) is 5.91 Å². The molecule has 0 N–H and O–H groups in total. The smallest absolute Gasteiger partial charge is 0.257 e. The first-order chi connectivity index (χ1) is 12.0. The zero-order valence-electron chi connectivity index (χ0n) is 15.5. The summed E-state index contributed by atoms with van der Waals surface area (Å²) in [4.78, 5) is 14.8. The van der Waals surface area contributed by atoms with Crippen LogP contribution < -0.4 is 0 Å². The maximum Gasteiger partial charge on any atom is 0.257 e. The summed E-state index contributed by atoms with van der Waals surface area (Å²) in [5.41, 5.74) is 3.83. The quantitative estimate of drug-likeness (QED) is 0.837. The van der Waals surface area contributed by atoms with Crippen molar-refractivity contribution in [3.63, 3.8) is 0 Å². The molecule has 1 atom stereocenters. The number of carbonyl (C=O) groups excluding carboxylic acids is 1. The lowest BCUT2D eigenvalue weighted by Crippen LogP contribution is -2.32. The highest BCUT2D eigenvalue weighted by atomic mass is 16.5. The fourth-order valence-electron chi connectivity index (χ4n) is 3.47. The Balaban J connectivity index is 1.91. The lowest BCUT2D eigenvalue weighted by Gasteiger charge is -2.21. The summed E-state index contributed by atoms with van der Waals surface area (Å²) in [7, 11) is 1.87. The average Bonchev–Trinajstić information content (AvgIpc) is 3.23. The Bertz CT molecular complexity index is 745. The molecule has 1 aliphatic rings. The molecule has 0 radical (unpaired) electrons. The fourth-order valence-corrected chi connectivity index (χ4v) is 3.47. The predicted molar refractivity (Wildman–Crippen MR) is 98.3 cm³/mol. The molecule has 1 fully saturated rings. The van der Waals surface area contributed by atoms with Gasteiger partial charge in [0.15, 0.2) is 0 Å². The molecular formula is C20H27N3O2. The minimum absolute atomic E-state index is 0.0374. The maximum atomic E-state index is 13.0. The summed E-state index contributed by atoms with van der Waals surface area (Å²) in [6.45, 7) is 8.55. The van der Waals surface area contributed by atoms with Crippen LogP contribution in [0.5, 0.6) is 0 Å². The van der Waals surface area contributed by atoms with Crippen molar-refractivity contribution in [2.24, 2.45) is 5.92 Å². The van der Waals surface area contributed by atoms with Crippen molar-refractivity contribution in [3.8, 4) is 5.69 Å².